The van der Waals surface area contributed by atoms with Gasteiger partial charge in [0.15, 0.2) is 6.61 Å². The number of fused-ring (bicyclic) bond motifs is 1. The summed E-state index contributed by atoms with van der Waals surface area (Å²) in [5, 5.41) is 4.85. The molecule has 0 spiro atoms. The number of hydrogen-bond acceptors (Lipinski definition) is 3. The van der Waals surface area contributed by atoms with Gasteiger partial charge in [0.25, 0.3) is 5.91 Å². The highest BCUT2D eigenvalue weighted by molar-refractivity contribution is 5.96. The molecule has 1 N–H and O–H groups in total. The minimum Gasteiger partial charge on any atom is -0.452 e. The molecule has 0 aromatic heterocycles. The number of nitrogens with one attached hydrogen (secondary N) is 1. The summed E-state index contributed by atoms with van der Waals surface area (Å²) < 4.78 is 5.12. The molecule has 2 aromatic carbocycles. The van der Waals surface area contributed by atoms with Crippen molar-refractivity contribution in [3.05, 3.63) is 59.7 Å². The number of amides is 1. The number of carbonyl (C=O) groups is 2. The molecule has 1 aliphatic carbocycles. The van der Waals surface area contributed by atoms with Gasteiger partial charge in [-0.2, -0.15) is 0 Å². The van der Waals surface area contributed by atoms with Crippen LogP contribution in [-0.2, 0) is 9.53 Å². The Kier molecular flexibility index (Phi) is 5.83. The van der Waals surface area contributed by atoms with Crippen LogP contribution in [0.15, 0.2) is 54.1 Å². The van der Waals surface area contributed by atoms with Gasteiger partial charge in [-0.1, -0.05) is 42.0 Å². The molecule has 130 valence electrons. The lowest BCUT2D eigenvalue weighted by atomic mass is 9.97. The number of carbonyl (C=O) groups excluding carboxylic acids is 2. The summed E-state index contributed by atoms with van der Waals surface area (Å²) in [4.78, 5) is 23.9. The van der Waals surface area contributed by atoms with Crippen molar-refractivity contribution in [2.45, 2.75) is 32.1 Å². The standard InChI is InChI=1S/C21H23NO3/c23-20(22-13-12-16-6-2-1-3-7-16)15-25-21(24)19-11-10-17-8-4-5-9-18(17)14-19/h4-6,8-11,14H,1-3,7,12-13,15H2,(H,22,23). The van der Waals surface area contributed by atoms with Crippen LogP contribution in [0.1, 0.15) is 42.5 Å². The van der Waals surface area contributed by atoms with E-state index >= 15 is 0 Å². The van der Waals surface area contributed by atoms with Crippen LogP contribution >= 0.6 is 0 Å². The van der Waals surface area contributed by atoms with Crippen LogP contribution in [0.4, 0.5) is 0 Å². The maximum atomic E-state index is 12.1. The quantitative estimate of drug-likeness (QED) is 0.640. The fraction of sp³-hybridized carbons (Fsp3) is 0.333. The first-order chi connectivity index (χ1) is 12.2. The average Bonchev–Trinajstić information content (AvgIpc) is 2.66. The van der Waals surface area contributed by atoms with Gasteiger partial charge in [-0.3, -0.25) is 4.79 Å². The van der Waals surface area contributed by atoms with Crippen molar-refractivity contribution in [3.8, 4) is 0 Å². The number of ether oxygens (including phenoxy) is 1. The average molecular weight is 337 g/mol. The van der Waals surface area contributed by atoms with Crippen LogP contribution in [0.2, 0.25) is 0 Å². The molecular weight excluding hydrogens is 314 g/mol. The summed E-state index contributed by atoms with van der Waals surface area (Å²) in [5.74, 6) is -0.735. The minimum atomic E-state index is -0.476. The van der Waals surface area contributed by atoms with Gasteiger partial charge < -0.3 is 10.1 Å². The molecule has 0 bridgehead atoms. The molecule has 25 heavy (non-hydrogen) atoms. The molecule has 1 amide bonds. The van der Waals surface area contributed by atoms with Crippen molar-refractivity contribution in [1.29, 1.82) is 0 Å². The number of benzene rings is 2. The van der Waals surface area contributed by atoms with Crippen LogP contribution in [0.5, 0.6) is 0 Å². The molecule has 0 unspecified atom stereocenters. The largest absolute Gasteiger partial charge is 0.452 e. The van der Waals surface area contributed by atoms with E-state index < -0.39 is 5.97 Å². The van der Waals surface area contributed by atoms with Crippen LogP contribution in [0.25, 0.3) is 10.8 Å². The molecule has 0 saturated heterocycles. The molecule has 4 nitrogen and oxygen atoms in total. The van der Waals surface area contributed by atoms with E-state index in [1.807, 2.05) is 30.3 Å². The zero-order valence-corrected chi connectivity index (χ0v) is 14.3. The second kappa shape index (κ2) is 8.47. The van der Waals surface area contributed by atoms with Gasteiger partial charge in [0.05, 0.1) is 5.56 Å². The third-order valence-corrected chi connectivity index (χ3v) is 4.47. The maximum absolute atomic E-state index is 12.1. The monoisotopic (exact) mass is 337 g/mol. The second-order valence-electron chi connectivity index (χ2n) is 6.35. The highest BCUT2D eigenvalue weighted by atomic mass is 16.5. The first-order valence-corrected chi connectivity index (χ1v) is 8.83. The number of rotatable bonds is 6. The molecule has 0 saturated carbocycles. The maximum Gasteiger partial charge on any atom is 0.338 e. The summed E-state index contributed by atoms with van der Waals surface area (Å²) in [6, 6.07) is 13.2. The van der Waals surface area contributed by atoms with Crippen molar-refractivity contribution < 1.29 is 14.3 Å². The predicted octanol–water partition coefficient (Wildman–Crippen LogP) is 4.00. The number of hydrogen-bond donors (Lipinski definition) is 1. The minimum absolute atomic E-state index is 0.245. The van der Waals surface area contributed by atoms with Gasteiger partial charge in [0.2, 0.25) is 0 Å². The smallest absolute Gasteiger partial charge is 0.338 e. The molecule has 0 atom stereocenters. The highest BCUT2D eigenvalue weighted by Gasteiger charge is 2.11. The molecular formula is C21H23NO3. The second-order valence-corrected chi connectivity index (χ2v) is 6.35. The Labute approximate surface area is 147 Å². The number of allylic oxidation sites excluding steroid dienone is 1. The summed E-state index contributed by atoms with van der Waals surface area (Å²) in [5.41, 5.74) is 1.87. The van der Waals surface area contributed by atoms with E-state index in [1.54, 1.807) is 12.1 Å². The summed E-state index contributed by atoms with van der Waals surface area (Å²) >= 11 is 0. The topological polar surface area (TPSA) is 55.4 Å². The van der Waals surface area contributed by atoms with Gasteiger partial charge in [0, 0.05) is 6.54 Å². The Hall–Kier alpha value is -2.62. The normalized spacial score (nSPS) is 14.0. The van der Waals surface area contributed by atoms with Crippen LogP contribution in [0, 0.1) is 0 Å². The van der Waals surface area contributed by atoms with Gasteiger partial charge >= 0.3 is 5.97 Å². The third kappa shape index (κ3) is 4.92. The Bertz CT molecular complexity index is 795. The Balaban J connectivity index is 1.44. The lowest BCUT2D eigenvalue weighted by Gasteiger charge is -2.13. The van der Waals surface area contributed by atoms with E-state index in [9.17, 15) is 9.59 Å². The Morgan fingerprint density at radius 2 is 1.88 bits per heavy atom. The van der Waals surface area contributed by atoms with Crippen LogP contribution < -0.4 is 5.32 Å². The Morgan fingerprint density at radius 3 is 2.68 bits per heavy atom. The highest BCUT2D eigenvalue weighted by Crippen LogP contribution is 2.19. The van der Waals surface area contributed by atoms with E-state index in [1.165, 1.54) is 18.4 Å². The first kappa shape index (κ1) is 17.2. The first-order valence-electron chi connectivity index (χ1n) is 8.83. The lowest BCUT2D eigenvalue weighted by molar-refractivity contribution is -0.124. The van der Waals surface area contributed by atoms with Gasteiger partial charge in [-0.05, 0) is 55.0 Å². The van der Waals surface area contributed by atoms with Crippen molar-refractivity contribution in [2.24, 2.45) is 0 Å². The summed E-state index contributed by atoms with van der Waals surface area (Å²) in [7, 11) is 0. The molecule has 0 fully saturated rings. The van der Waals surface area contributed by atoms with Gasteiger partial charge in [-0.25, -0.2) is 4.79 Å². The van der Waals surface area contributed by atoms with Crippen molar-refractivity contribution in [2.75, 3.05) is 13.2 Å². The molecule has 1 aliphatic rings. The molecule has 3 rings (SSSR count). The van der Waals surface area contributed by atoms with Gasteiger partial charge in [-0.15, -0.1) is 0 Å². The van der Waals surface area contributed by atoms with Crippen molar-refractivity contribution in [3.63, 3.8) is 0 Å². The van der Waals surface area contributed by atoms with Crippen LogP contribution in [0.3, 0.4) is 0 Å². The molecule has 0 heterocycles. The fourth-order valence-corrected chi connectivity index (χ4v) is 3.08. The summed E-state index contributed by atoms with van der Waals surface area (Å²) in [6.45, 7) is 0.350. The lowest BCUT2D eigenvalue weighted by Crippen LogP contribution is -2.29. The summed E-state index contributed by atoms with van der Waals surface area (Å²) in [6.07, 6.45) is 7.93. The molecule has 0 radical (unpaired) electrons. The zero-order valence-electron chi connectivity index (χ0n) is 14.3. The predicted molar refractivity (Wildman–Crippen MR) is 98.4 cm³/mol. The third-order valence-electron chi connectivity index (χ3n) is 4.47. The fourth-order valence-electron chi connectivity index (χ4n) is 3.08. The van der Waals surface area contributed by atoms with E-state index in [2.05, 4.69) is 11.4 Å². The van der Waals surface area contributed by atoms with E-state index in [-0.39, 0.29) is 12.5 Å². The number of esters is 1. The zero-order chi connectivity index (χ0) is 17.5. The molecule has 4 heteroatoms. The SMILES string of the molecule is O=C(COC(=O)c1ccc2ccccc2c1)NCCC1=CCCCC1. The molecule has 2 aromatic rings. The van der Waals surface area contributed by atoms with E-state index in [0.717, 1.165) is 30.0 Å². The van der Waals surface area contributed by atoms with Crippen molar-refractivity contribution in [1.82, 2.24) is 5.32 Å². The van der Waals surface area contributed by atoms with Crippen molar-refractivity contribution >= 4 is 22.6 Å². The van der Waals surface area contributed by atoms with E-state index in [4.69, 9.17) is 4.74 Å². The Morgan fingerprint density at radius 1 is 1.04 bits per heavy atom. The van der Waals surface area contributed by atoms with Crippen LogP contribution in [-0.4, -0.2) is 25.0 Å². The molecule has 0 aliphatic heterocycles. The van der Waals surface area contributed by atoms with E-state index in [0.29, 0.717) is 12.1 Å². The van der Waals surface area contributed by atoms with Gasteiger partial charge in [0.1, 0.15) is 0 Å².